The zero-order valence-electron chi connectivity index (χ0n) is 20.3. The standard InChI is InChI=1S/C28H38FN3O/c1-3-4-5-6-7-8-9-15-31-26-12-10-11-21-23(18-30-19-24(21)26)22-16-20-13-14-28(33)32(2)27(20)17-25(22)29/h16-19,26,31H,3-15H2,1-2H3. The van der Waals surface area contributed by atoms with Crippen LogP contribution in [-0.4, -0.2) is 24.5 Å². The highest BCUT2D eigenvalue weighted by Gasteiger charge is 2.27. The van der Waals surface area contributed by atoms with Crippen LogP contribution in [0.1, 0.15) is 93.9 Å². The van der Waals surface area contributed by atoms with Crippen molar-refractivity contribution in [3.8, 4) is 11.1 Å². The number of rotatable bonds is 10. The van der Waals surface area contributed by atoms with Gasteiger partial charge in [0.05, 0.1) is 0 Å². The van der Waals surface area contributed by atoms with Gasteiger partial charge >= 0.3 is 0 Å². The summed E-state index contributed by atoms with van der Waals surface area (Å²) in [5.41, 5.74) is 5.72. The second-order valence-corrected chi connectivity index (χ2v) is 9.69. The van der Waals surface area contributed by atoms with Crippen LogP contribution in [-0.2, 0) is 17.6 Å². The summed E-state index contributed by atoms with van der Waals surface area (Å²) in [6.45, 7) is 3.28. The van der Waals surface area contributed by atoms with Crippen molar-refractivity contribution in [3.05, 3.63) is 47.0 Å². The predicted molar refractivity (Wildman–Crippen MR) is 133 cm³/mol. The van der Waals surface area contributed by atoms with Crippen LogP contribution in [0.15, 0.2) is 24.5 Å². The van der Waals surface area contributed by atoms with E-state index in [1.807, 2.05) is 18.5 Å². The lowest BCUT2D eigenvalue weighted by Gasteiger charge is -2.29. The summed E-state index contributed by atoms with van der Waals surface area (Å²) in [6, 6.07) is 3.77. The number of halogens is 1. The molecule has 2 heterocycles. The molecule has 178 valence electrons. The number of unbranched alkanes of at least 4 members (excludes halogenated alkanes) is 6. The Balaban J connectivity index is 1.47. The molecule has 1 atom stereocenters. The van der Waals surface area contributed by atoms with E-state index < -0.39 is 0 Å². The van der Waals surface area contributed by atoms with E-state index in [2.05, 4.69) is 17.2 Å². The summed E-state index contributed by atoms with van der Waals surface area (Å²) in [5.74, 6) is -0.230. The van der Waals surface area contributed by atoms with E-state index in [0.717, 1.165) is 36.9 Å². The van der Waals surface area contributed by atoms with Crippen molar-refractivity contribution in [1.82, 2.24) is 10.3 Å². The number of aryl methyl sites for hydroxylation is 1. The van der Waals surface area contributed by atoms with E-state index in [0.29, 0.717) is 30.1 Å². The molecule has 0 saturated heterocycles. The topological polar surface area (TPSA) is 45.2 Å². The molecule has 1 N–H and O–H groups in total. The molecule has 1 amide bonds. The fourth-order valence-electron chi connectivity index (χ4n) is 5.39. The molecule has 1 aliphatic heterocycles. The lowest BCUT2D eigenvalue weighted by molar-refractivity contribution is -0.118. The van der Waals surface area contributed by atoms with Crippen molar-refractivity contribution in [2.24, 2.45) is 0 Å². The van der Waals surface area contributed by atoms with Gasteiger partial charge in [0.2, 0.25) is 5.91 Å². The molecule has 2 aromatic rings. The van der Waals surface area contributed by atoms with Gasteiger partial charge in [0.25, 0.3) is 0 Å². The van der Waals surface area contributed by atoms with Gasteiger partial charge in [0.15, 0.2) is 0 Å². The quantitative estimate of drug-likeness (QED) is 0.419. The summed E-state index contributed by atoms with van der Waals surface area (Å²) in [4.78, 5) is 18.1. The number of hydrogen-bond donors (Lipinski definition) is 1. The van der Waals surface area contributed by atoms with Crippen LogP contribution in [0.5, 0.6) is 0 Å². The number of nitrogens with zero attached hydrogens (tertiary/aromatic N) is 2. The first kappa shape index (κ1) is 23.9. The number of fused-ring (bicyclic) bond motifs is 2. The number of carbonyl (C=O) groups is 1. The molecule has 1 aromatic heterocycles. The molecule has 0 saturated carbocycles. The zero-order valence-corrected chi connectivity index (χ0v) is 20.3. The molecule has 0 bridgehead atoms. The number of carbonyl (C=O) groups excluding carboxylic acids is 1. The summed E-state index contributed by atoms with van der Waals surface area (Å²) in [7, 11) is 1.73. The van der Waals surface area contributed by atoms with Crippen LogP contribution >= 0.6 is 0 Å². The summed E-state index contributed by atoms with van der Waals surface area (Å²) in [5, 5.41) is 3.76. The molecule has 33 heavy (non-hydrogen) atoms. The Labute approximate surface area is 198 Å². The van der Waals surface area contributed by atoms with E-state index in [4.69, 9.17) is 0 Å². The van der Waals surface area contributed by atoms with Gasteiger partial charge < -0.3 is 10.2 Å². The zero-order chi connectivity index (χ0) is 23.2. The minimum atomic E-state index is -0.274. The van der Waals surface area contributed by atoms with Crippen molar-refractivity contribution >= 4 is 11.6 Å². The molecular formula is C28H38FN3O. The van der Waals surface area contributed by atoms with Crippen LogP contribution < -0.4 is 10.2 Å². The largest absolute Gasteiger partial charge is 0.315 e. The average molecular weight is 452 g/mol. The molecule has 5 heteroatoms. The van der Waals surface area contributed by atoms with Gasteiger partial charge in [-0.2, -0.15) is 0 Å². The number of nitrogens with one attached hydrogen (secondary N) is 1. The minimum Gasteiger partial charge on any atom is -0.315 e. The Hall–Kier alpha value is -2.27. The molecule has 1 aromatic carbocycles. The van der Waals surface area contributed by atoms with Crippen LogP contribution in [0.25, 0.3) is 11.1 Å². The first-order valence-corrected chi connectivity index (χ1v) is 12.9. The number of pyridine rings is 1. The SMILES string of the molecule is CCCCCCCCCNC1CCCc2c(-c3cc4c(cc3F)N(C)C(=O)CC4)cncc21. The highest BCUT2D eigenvalue weighted by Crippen LogP contribution is 2.39. The highest BCUT2D eigenvalue weighted by molar-refractivity contribution is 5.96. The Kier molecular flexibility index (Phi) is 8.13. The molecule has 0 spiro atoms. The highest BCUT2D eigenvalue weighted by atomic mass is 19.1. The van der Waals surface area contributed by atoms with Crippen LogP contribution in [0.4, 0.5) is 10.1 Å². The van der Waals surface area contributed by atoms with Gasteiger partial charge in [-0.15, -0.1) is 0 Å². The Morgan fingerprint density at radius 3 is 2.64 bits per heavy atom. The number of hydrogen-bond acceptors (Lipinski definition) is 3. The maximum Gasteiger partial charge on any atom is 0.227 e. The van der Waals surface area contributed by atoms with E-state index in [1.165, 1.54) is 62.1 Å². The van der Waals surface area contributed by atoms with Gasteiger partial charge in [-0.1, -0.05) is 45.4 Å². The fourth-order valence-corrected chi connectivity index (χ4v) is 5.39. The lowest BCUT2D eigenvalue weighted by Crippen LogP contribution is -2.31. The summed E-state index contributed by atoms with van der Waals surface area (Å²) in [6.07, 6.45) is 17.3. The van der Waals surface area contributed by atoms with Gasteiger partial charge in [0.1, 0.15) is 5.82 Å². The number of aromatic nitrogens is 1. The van der Waals surface area contributed by atoms with E-state index in [-0.39, 0.29) is 11.7 Å². The van der Waals surface area contributed by atoms with Gasteiger partial charge in [-0.05, 0) is 67.5 Å². The average Bonchev–Trinajstić information content (AvgIpc) is 2.83. The third kappa shape index (κ3) is 5.46. The van der Waals surface area contributed by atoms with Crippen molar-refractivity contribution in [1.29, 1.82) is 0 Å². The Bertz CT molecular complexity index is 974. The van der Waals surface area contributed by atoms with Crippen molar-refractivity contribution < 1.29 is 9.18 Å². The van der Waals surface area contributed by atoms with Crippen LogP contribution in [0, 0.1) is 5.82 Å². The molecule has 4 nitrogen and oxygen atoms in total. The van der Waals surface area contributed by atoms with Gasteiger partial charge in [-0.25, -0.2) is 4.39 Å². The second kappa shape index (κ2) is 11.2. The third-order valence-corrected chi connectivity index (χ3v) is 7.36. The van der Waals surface area contributed by atoms with Crippen molar-refractivity contribution in [3.63, 3.8) is 0 Å². The van der Waals surface area contributed by atoms with Crippen LogP contribution in [0.2, 0.25) is 0 Å². The van der Waals surface area contributed by atoms with E-state index in [1.54, 1.807) is 11.9 Å². The first-order valence-electron chi connectivity index (χ1n) is 12.9. The van der Waals surface area contributed by atoms with Crippen molar-refractivity contribution in [2.75, 3.05) is 18.5 Å². The van der Waals surface area contributed by atoms with Gasteiger partial charge in [0, 0.05) is 48.7 Å². The number of anilines is 1. The Morgan fingerprint density at radius 1 is 1.03 bits per heavy atom. The third-order valence-electron chi connectivity index (χ3n) is 7.36. The second-order valence-electron chi connectivity index (χ2n) is 9.69. The lowest BCUT2D eigenvalue weighted by atomic mass is 9.84. The monoisotopic (exact) mass is 451 g/mol. The Morgan fingerprint density at radius 2 is 1.82 bits per heavy atom. The molecule has 1 unspecified atom stereocenters. The first-order chi connectivity index (χ1) is 16.1. The summed E-state index contributed by atoms with van der Waals surface area (Å²) < 4.78 is 15.2. The predicted octanol–water partition coefficient (Wildman–Crippen LogP) is 6.51. The molecule has 4 rings (SSSR count). The normalized spacial score (nSPS) is 17.7. The molecular weight excluding hydrogens is 413 g/mol. The smallest absolute Gasteiger partial charge is 0.227 e. The molecule has 0 fully saturated rings. The number of benzene rings is 1. The van der Waals surface area contributed by atoms with E-state index in [9.17, 15) is 4.79 Å². The molecule has 1 aliphatic carbocycles. The maximum absolute atomic E-state index is 15.2. The molecule has 2 aliphatic rings. The van der Waals surface area contributed by atoms with Crippen molar-refractivity contribution in [2.45, 2.75) is 90.0 Å². The maximum atomic E-state index is 15.2. The summed E-state index contributed by atoms with van der Waals surface area (Å²) >= 11 is 0. The van der Waals surface area contributed by atoms with Gasteiger partial charge in [-0.3, -0.25) is 9.78 Å². The molecule has 0 radical (unpaired) electrons. The number of amides is 1. The fraction of sp³-hybridized carbons (Fsp3) is 0.571. The minimum absolute atomic E-state index is 0.0447. The van der Waals surface area contributed by atoms with E-state index >= 15 is 4.39 Å². The van der Waals surface area contributed by atoms with Crippen LogP contribution in [0.3, 0.4) is 0 Å².